The van der Waals surface area contributed by atoms with Crippen molar-refractivity contribution >= 4 is 20.9 Å². The van der Waals surface area contributed by atoms with Gasteiger partial charge in [-0.05, 0) is 37.7 Å². The molecule has 2 rings (SSSR count). The van der Waals surface area contributed by atoms with Gasteiger partial charge in [-0.2, -0.15) is 5.10 Å². The minimum Gasteiger partial charge on any atom is -0.546 e. The summed E-state index contributed by atoms with van der Waals surface area (Å²) >= 11 is 0. The van der Waals surface area contributed by atoms with Crippen LogP contribution in [0.1, 0.15) is 11.3 Å². The average Bonchev–Trinajstić information content (AvgIpc) is 2.72. The minimum absolute atomic E-state index is 0.785. The zero-order chi connectivity index (χ0) is 14.5. The number of benzene rings is 1. The highest BCUT2D eigenvalue weighted by atomic mass is 28.3. The van der Waals surface area contributed by atoms with E-state index in [1.807, 2.05) is 48.4 Å². The molecule has 2 aromatic rings. The van der Waals surface area contributed by atoms with Crippen molar-refractivity contribution in [3.63, 3.8) is 0 Å². The summed E-state index contributed by atoms with van der Waals surface area (Å²) in [6.07, 6.45) is 4.60. The molecule has 0 radical (unpaired) electrons. The summed E-state index contributed by atoms with van der Waals surface area (Å²) in [5, 5.41) is 4.23. The van der Waals surface area contributed by atoms with Gasteiger partial charge in [-0.25, -0.2) is 0 Å². The molecule has 0 amide bonds. The zero-order valence-electron chi connectivity index (χ0n) is 12.5. The lowest BCUT2D eigenvalue weighted by atomic mass is 10.2. The fraction of sp³-hybridized carbons (Fsp3) is 0.333. The predicted octanol–water partition coefficient (Wildman–Crippen LogP) is 3.04. The molecule has 106 valence electrons. The van der Waals surface area contributed by atoms with Gasteiger partial charge in [0.25, 0.3) is 0 Å². The number of aliphatic imine (C=N–C) groups is 1. The lowest BCUT2D eigenvalue weighted by molar-refractivity contribution is 0.582. The van der Waals surface area contributed by atoms with Gasteiger partial charge in [-0.15, -0.1) is 0 Å². The van der Waals surface area contributed by atoms with E-state index in [4.69, 9.17) is 4.43 Å². The molecule has 0 N–H and O–H groups in total. The van der Waals surface area contributed by atoms with Crippen molar-refractivity contribution in [1.29, 1.82) is 0 Å². The largest absolute Gasteiger partial charge is 0.546 e. The minimum atomic E-state index is -1.11. The number of aryl methyl sites for hydroxylation is 1. The van der Waals surface area contributed by atoms with Gasteiger partial charge in [-0.3, -0.25) is 9.67 Å². The standard InChI is InChI=1S/C15H21N3OSi/c1-12-13(11-17-18(12)2)9-10-16-14-7-5-6-8-15(14)19-20(3)4/h5-8,10-11,20H,9H2,1-4H3. The molecule has 0 fully saturated rings. The summed E-state index contributed by atoms with van der Waals surface area (Å²) in [5.74, 6) is 0.883. The van der Waals surface area contributed by atoms with Crippen LogP contribution in [0.5, 0.6) is 5.75 Å². The van der Waals surface area contributed by atoms with Gasteiger partial charge in [0.2, 0.25) is 9.04 Å². The van der Waals surface area contributed by atoms with Crippen LogP contribution in [-0.4, -0.2) is 25.0 Å². The van der Waals surface area contributed by atoms with E-state index in [1.54, 1.807) is 0 Å². The van der Waals surface area contributed by atoms with Crippen molar-refractivity contribution in [1.82, 2.24) is 9.78 Å². The third kappa shape index (κ3) is 3.57. The summed E-state index contributed by atoms with van der Waals surface area (Å²) in [6, 6.07) is 7.93. The second-order valence-electron chi connectivity index (χ2n) is 5.03. The lowest BCUT2D eigenvalue weighted by Crippen LogP contribution is -2.11. The molecule has 20 heavy (non-hydrogen) atoms. The third-order valence-corrected chi connectivity index (χ3v) is 3.83. The SMILES string of the molecule is Cc1c(CC=Nc2ccccc2O[SiH](C)C)cnn1C. The van der Waals surface area contributed by atoms with E-state index in [2.05, 4.69) is 30.1 Å². The smallest absolute Gasteiger partial charge is 0.229 e. The number of nitrogens with zero attached hydrogens (tertiary/aromatic N) is 3. The van der Waals surface area contributed by atoms with Crippen LogP contribution in [0.3, 0.4) is 0 Å². The molecule has 0 aliphatic rings. The Morgan fingerprint density at radius 3 is 2.75 bits per heavy atom. The monoisotopic (exact) mass is 287 g/mol. The van der Waals surface area contributed by atoms with E-state index >= 15 is 0 Å². The molecule has 0 saturated carbocycles. The molecule has 0 spiro atoms. The molecule has 0 aliphatic carbocycles. The van der Waals surface area contributed by atoms with Gasteiger partial charge in [0.15, 0.2) is 0 Å². The Hall–Kier alpha value is -1.88. The van der Waals surface area contributed by atoms with Crippen LogP contribution in [0.4, 0.5) is 5.69 Å². The Labute approximate surface area is 121 Å². The van der Waals surface area contributed by atoms with Crippen LogP contribution < -0.4 is 4.43 Å². The van der Waals surface area contributed by atoms with Crippen molar-refractivity contribution in [3.8, 4) is 5.75 Å². The fourth-order valence-electron chi connectivity index (χ4n) is 1.90. The Morgan fingerprint density at radius 1 is 1.35 bits per heavy atom. The predicted molar refractivity (Wildman–Crippen MR) is 85.7 cm³/mol. The van der Waals surface area contributed by atoms with E-state index in [-0.39, 0.29) is 0 Å². The normalized spacial score (nSPS) is 11.4. The second-order valence-corrected chi connectivity index (χ2v) is 7.36. The third-order valence-electron chi connectivity index (χ3n) is 3.11. The van der Waals surface area contributed by atoms with E-state index in [9.17, 15) is 0 Å². The van der Waals surface area contributed by atoms with Crippen LogP contribution in [-0.2, 0) is 13.5 Å². The highest BCUT2D eigenvalue weighted by molar-refractivity contribution is 6.49. The first kappa shape index (κ1) is 14.5. The topological polar surface area (TPSA) is 39.4 Å². The van der Waals surface area contributed by atoms with Crippen LogP contribution >= 0.6 is 0 Å². The summed E-state index contributed by atoms with van der Waals surface area (Å²) < 4.78 is 7.76. The number of hydrogen-bond donors (Lipinski definition) is 0. The Bertz CT molecular complexity index is 605. The van der Waals surface area contributed by atoms with Crippen molar-refractivity contribution in [3.05, 3.63) is 41.7 Å². The van der Waals surface area contributed by atoms with E-state index in [1.165, 1.54) is 11.3 Å². The van der Waals surface area contributed by atoms with Gasteiger partial charge in [0.1, 0.15) is 11.4 Å². The first-order valence-corrected chi connectivity index (χ1v) is 9.61. The maximum Gasteiger partial charge on any atom is 0.229 e. The van der Waals surface area contributed by atoms with Crippen molar-refractivity contribution in [2.45, 2.75) is 26.4 Å². The van der Waals surface area contributed by atoms with E-state index in [0.717, 1.165) is 17.9 Å². The maximum absolute atomic E-state index is 5.88. The summed E-state index contributed by atoms with van der Waals surface area (Å²) in [7, 11) is 0.840. The van der Waals surface area contributed by atoms with Crippen molar-refractivity contribution in [2.75, 3.05) is 0 Å². The molecule has 0 atom stereocenters. The number of aromatic nitrogens is 2. The Kier molecular flexibility index (Phi) is 4.73. The molecule has 1 aromatic carbocycles. The van der Waals surface area contributed by atoms with Crippen molar-refractivity contribution in [2.24, 2.45) is 12.0 Å². The Balaban J connectivity index is 2.10. The summed E-state index contributed by atoms with van der Waals surface area (Å²) in [4.78, 5) is 4.54. The summed E-state index contributed by atoms with van der Waals surface area (Å²) in [5.41, 5.74) is 3.28. The molecule has 0 bridgehead atoms. The molecule has 5 heteroatoms. The first-order chi connectivity index (χ1) is 9.58. The Morgan fingerprint density at radius 2 is 2.10 bits per heavy atom. The highest BCUT2D eigenvalue weighted by Gasteiger charge is 2.04. The summed E-state index contributed by atoms with van der Waals surface area (Å²) in [6.45, 7) is 6.37. The molecular weight excluding hydrogens is 266 g/mol. The number of para-hydroxylation sites is 2. The quantitative estimate of drug-likeness (QED) is 0.626. The van der Waals surface area contributed by atoms with Crippen molar-refractivity contribution < 1.29 is 4.43 Å². The number of rotatable bonds is 5. The molecule has 1 aromatic heterocycles. The second kappa shape index (κ2) is 6.52. The van der Waals surface area contributed by atoms with Gasteiger partial charge in [0.05, 0.1) is 6.20 Å². The van der Waals surface area contributed by atoms with E-state index < -0.39 is 9.04 Å². The first-order valence-electron chi connectivity index (χ1n) is 6.83. The molecule has 1 heterocycles. The molecule has 0 saturated heterocycles. The molecule has 0 aliphatic heterocycles. The van der Waals surface area contributed by atoms with Gasteiger partial charge in [-0.1, -0.05) is 12.1 Å². The van der Waals surface area contributed by atoms with Crippen LogP contribution in [0.25, 0.3) is 0 Å². The molecule has 4 nitrogen and oxygen atoms in total. The van der Waals surface area contributed by atoms with Crippen LogP contribution in [0.2, 0.25) is 13.1 Å². The van der Waals surface area contributed by atoms with E-state index in [0.29, 0.717) is 0 Å². The fourth-order valence-corrected chi connectivity index (χ4v) is 2.61. The van der Waals surface area contributed by atoms with Gasteiger partial charge in [0, 0.05) is 25.4 Å². The highest BCUT2D eigenvalue weighted by Crippen LogP contribution is 2.27. The van der Waals surface area contributed by atoms with Crippen LogP contribution in [0.15, 0.2) is 35.5 Å². The van der Waals surface area contributed by atoms with Crippen LogP contribution in [0, 0.1) is 6.92 Å². The average molecular weight is 287 g/mol. The zero-order valence-corrected chi connectivity index (χ0v) is 13.7. The van der Waals surface area contributed by atoms with Gasteiger partial charge < -0.3 is 4.43 Å². The van der Waals surface area contributed by atoms with Gasteiger partial charge >= 0.3 is 0 Å². The maximum atomic E-state index is 5.88. The number of hydrogen-bond acceptors (Lipinski definition) is 3. The lowest BCUT2D eigenvalue weighted by Gasteiger charge is -2.11. The molecular formula is C15H21N3OSi. The molecule has 0 unspecified atom stereocenters.